The Hall–Kier alpha value is -2.74. The van der Waals surface area contributed by atoms with E-state index >= 15 is 0 Å². The van der Waals surface area contributed by atoms with Crippen LogP contribution in [-0.4, -0.2) is 28.6 Å². The molecule has 3 aromatic rings. The van der Waals surface area contributed by atoms with Crippen molar-refractivity contribution in [1.82, 2.24) is 20.2 Å². The second kappa shape index (κ2) is 6.53. The number of tetrazole rings is 1. The van der Waals surface area contributed by atoms with E-state index in [1.807, 2.05) is 25.1 Å². The largest absolute Gasteiger partial charge is 0.280 e. The van der Waals surface area contributed by atoms with Crippen molar-refractivity contribution in [2.45, 2.75) is 37.1 Å². The summed E-state index contributed by atoms with van der Waals surface area (Å²) in [5, 5.41) is 11.9. The zero-order valence-electron chi connectivity index (χ0n) is 14.3. The van der Waals surface area contributed by atoms with Gasteiger partial charge in [-0.25, -0.2) is 13.1 Å². The van der Waals surface area contributed by atoms with Crippen LogP contribution in [-0.2, 0) is 16.4 Å². The van der Waals surface area contributed by atoms with Crippen LogP contribution in [0, 0.1) is 0 Å². The number of aromatic nitrogens is 4. The first-order chi connectivity index (χ1) is 12.6. The number of hydrogen-bond donors (Lipinski definition) is 1. The van der Waals surface area contributed by atoms with E-state index in [1.54, 1.807) is 35.0 Å². The Morgan fingerprint density at radius 1 is 1.15 bits per heavy atom. The molecule has 7 nitrogen and oxygen atoms in total. The average molecular weight is 369 g/mol. The summed E-state index contributed by atoms with van der Waals surface area (Å²) in [7, 11) is -3.65. The number of anilines is 1. The maximum Gasteiger partial charge on any atom is 0.261 e. The van der Waals surface area contributed by atoms with E-state index in [0.717, 1.165) is 30.4 Å². The number of rotatable bonds is 6. The summed E-state index contributed by atoms with van der Waals surface area (Å²) in [5.41, 5.74) is 2.36. The molecule has 8 heteroatoms. The fraction of sp³-hybridized carbons (Fsp3) is 0.278. The van der Waals surface area contributed by atoms with Crippen molar-refractivity contribution in [3.05, 3.63) is 54.1 Å². The lowest BCUT2D eigenvalue weighted by atomic mass is 10.2. The SMILES string of the molecule is CCc1ccc(S(=O)(=O)Nc2cccc(-c3nnnn3C3CC3)c2)cc1. The summed E-state index contributed by atoms with van der Waals surface area (Å²) in [5.74, 6) is 0.654. The van der Waals surface area contributed by atoms with Gasteiger partial charge in [-0.2, -0.15) is 0 Å². The molecule has 1 aromatic heterocycles. The highest BCUT2D eigenvalue weighted by molar-refractivity contribution is 7.92. The quantitative estimate of drug-likeness (QED) is 0.721. The molecule has 0 bridgehead atoms. The predicted molar refractivity (Wildman–Crippen MR) is 98.2 cm³/mol. The van der Waals surface area contributed by atoms with Gasteiger partial charge in [-0.3, -0.25) is 4.72 Å². The standard InChI is InChI=1S/C18H19N5O2S/c1-2-13-6-10-17(11-7-13)26(24,25)20-15-5-3-4-14(12-15)18-19-21-22-23(18)16-8-9-16/h3-7,10-12,16,20H,2,8-9H2,1H3. The van der Waals surface area contributed by atoms with Gasteiger partial charge in [-0.15, -0.1) is 5.10 Å². The third-order valence-electron chi connectivity index (χ3n) is 4.40. The Labute approximate surface area is 152 Å². The molecule has 0 atom stereocenters. The minimum Gasteiger partial charge on any atom is -0.280 e. The molecule has 0 amide bonds. The van der Waals surface area contributed by atoms with Crippen molar-refractivity contribution in [2.75, 3.05) is 4.72 Å². The van der Waals surface area contributed by atoms with Crippen LogP contribution in [0.15, 0.2) is 53.4 Å². The summed E-state index contributed by atoms with van der Waals surface area (Å²) >= 11 is 0. The molecule has 1 saturated carbocycles. The highest BCUT2D eigenvalue weighted by Gasteiger charge is 2.28. The molecular formula is C18H19N5O2S. The van der Waals surface area contributed by atoms with Gasteiger partial charge in [0.2, 0.25) is 0 Å². The van der Waals surface area contributed by atoms with E-state index in [-0.39, 0.29) is 4.90 Å². The third kappa shape index (κ3) is 3.32. The fourth-order valence-electron chi connectivity index (χ4n) is 2.79. The maximum absolute atomic E-state index is 12.6. The first-order valence-electron chi connectivity index (χ1n) is 8.57. The topological polar surface area (TPSA) is 89.8 Å². The fourth-order valence-corrected chi connectivity index (χ4v) is 3.84. The monoisotopic (exact) mass is 369 g/mol. The normalized spacial score (nSPS) is 14.3. The Morgan fingerprint density at radius 2 is 1.92 bits per heavy atom. The molecule has 4 rings (SSSR count). The predicted octanol–water partition coefficient (Wildman–Crippen LogP) is 3.04. The third-order valence-corrected chi connectivity index (χ3v) is 5.80. The van der Waals surface area contributed by atoms with Crippen molar-refractivity contribution >= 4 is 15.7 Å². The van der Waals surface area contributed by atoms with Gasteiger partial charge in [-0.1, -0.05) is 31.2 Å². The first-order valence-corrected chi connectivity index (χ1v) is 10.1. The van der Waals surface area contributed by atoms with Crippen LogP contribution in [0.1, 0.15) is 31.4 Å². The number of nitrogens with one attached hydrogen (secondary N) is 1. The zero-order valence-corrected chi connectivity index (χ0v) is 15.1. The molecule has 0 saturated heterocycles. The van der Waals surface area contributed by atoms with Crippen LogP contribution in [0.2, 0.25) is 0 Å². The molecule has 2 aromatic carbocycles. The van der Waals surface area contributed by atoms with Crippen molar-refractivity contribution in [3.63, 3.8) is 0 Å². The Kier molecular flexibility index (Phi) is 4.20. The van der Waals surface area contributed by atoms with Crippen molar-refractivity contribution < 1.29 is 8.42 Å². The van der Waals surface area contributed by atoms with Gasteiger partial charge in [0.1, 0.15) is 0 Å². The van der Waals surface area contributed by atoms with Crippen LogP contribution < -0.4 is 4.72 Å². The summed E-state index contributed by atoms with van der Waals surface area (Å²) < 4.78 is 29.7. The minimum atomic E-state index is -3.65. The number of sulfonamides is 1. The summed E-state index contributed by atoms with van der Waals surface area (Å²) in [6, 6.07) is 14.4. The molecule has 1 aliphatic rings. The number of aryl methyl sites for hydroxylation is 1. The van der Waals surface area contributed by atoms with Crippen molar-refractivity contribution in [1.29, 1.82) is 0 Å². The molecule has 1 fully saturated rings. The second-order valence-electron chi connectivity index (χ2n) is 6.36. The van der Waals surface area contributed by atoms with Gasteiger partial charge in [0, 0.05) is 11.3 Å². The number of hydrogen-bond acceptors (Lipinski definition) is 5. The van der Waals surface area contributed by atoms with Crippen molar-refractivity contribution in [2.24, 2.45) is 0 Å². The van der Waals surface area contributed by atoms with Gasteiger partial charge in [0.15, 0.2) is 5.82 Å². The highest BCUT2D eigenvalue weighted by Crippen LogP contribution is 2.36. The van der Waals surface area contributed by atoms with Gasteiger partial charge >= 0.3 is 0 Å². The van der Waals surface area contributed by atoms with Gasteiger partial charge in [0.05, 0.1) is 10.9 Å². The summed E-state index contributed by atoms with van der Waals surface area (Å²) in [4.78, 5) is 0.239. The van der Waals surface area contributed by atoms with Crippen LogP contribution in [0.25, 0.3) is 11.4 Å². The Bertz CT molecular complexity index is 1020. The van der Waals surface area contributed by atoms with Gasteiger partial charge in [-0.05, 0) is 59.5 Å². The second-order valence-corrected chi connectivity index (χ2v) is 8.04. The number of benzene rings is 2. The molecular weight excluding hydrogens is 350 g/mol. The van der Waals surface area contributed by atoms with E-state index < -0.39 is 10.0 Å². The van der Waals surface area contributed by atoms with Crippen LogP contribution in [0.3, 0.4) is 0 Å². The highest BCUT2D eigenvalue weighted by atomic mass is 32.2. The van der Waals surface area contributed by atoms with Crippen LogP contribution >= 0.6 is 0 Å². The first kappa shape index (κ1) is 16.7. The van der Waals surface area contributed by atoms with E-state index in [2.05, 4.69) is 20.2 Å². The van der Waals surface area contributed by atoms with Gasteiger partial charge in [0.25, 0.3) is 10.0 Å². The summed E-state index contributed by atoms with van der Waals surface area (Å²) in [6.07, 6.45) is 3.00. The lowest BCUT2D eigenvalue weighted by molar-refractivity contribution is 0.601. The maximum atomic E-state index is 12.6. The minimum absolute atomic E-state index is 0.239. The molecule has 134 valence electrons. The van der Waals surface area contributed by atoms with E-state index in [0.29, 0.717) is 17.6 Å². The zero-order chi connectivity index (χ0) is 18.1. The molecule has 0 radical (unpaired) electrons. The van der Waals surface area contributed by atoms with Gasteiger partial charge < -0.3 is 0 Å². The smallest absolute Gasteiger partial charge is 0.261 e. The molecule has 0 spiro atoms. The Morgan fingerprint density at radius 3 is 2.62 bits per heavy atom. The lowest BCUT2D eigenvalue weighted by Crippen LogP contribution is -2.13. The Balaban J connectivity index is 1.61. The van der Waals surface area contributed by atoms with E-state index in [9.17, 15) is 8.42 Å². The lowest BCUT2D eigenvalue weighted by Gasteiger charge is -2.10. The molecule has 1 N–H and O–H groups in total. The van der Waals surface area contributed by atoms with Crippen LogP contribution in [0.5, 0.6) is 0 Å². The van der Waals surface area contributed by atoms with Crippen LogP contribution in [0.4, 0.5) is 5.69 Å². The average Bonchev–Trinajstić information content (AvgIpc) is 3.38. The van der Waals surface area contributed by atoms with E-state index in [1.165, 1.54) is 0 Å². The number of nitrogens with zero attached hydrogens (tertiary/aromatic N) is 4. The van der Waals surface area contributed by atoms with E-state index in [4.69, 9.17) is 0 Å². The molecule has 0 aliphatic heterocycles. The molecule has 26 heavy (non-hydrogen) atoms. The molecule has 1 aliphatic carbocycles. The summed E-state index contributed by atoms with van der Waals surface area (Å²) in [6.45, 7) is 2.03. The molecule has 0 unspecified atom stereocenters. The molecule has 1 heterocycles. The van der Waals surface area contributed by atoms with Crippen molar-refractivity contribution in [3.8, 4) is 11.4 Å².